The average Bonchev–Trinajstić information content (AvgIpc) is 1.89. The number of ether oxygens (including phenoxy) is 4. The Bertz CT molecular complexity index is 2730. The number of benzene rings is 2. The first-order chi connectivity index (χ1) is 39.4. The first kappa shape index (κ1) is 64.0. The van der Waals surface area contributed by atoms with Gasteiger partial charge in [-0.25, -0.2) is 9.59 Å². The van der Waals surface area contributed by atoms with Crippen LogP contribution in [0.5, 0.6) is 0 Å². The van der Waals surface area contributed by atoms with Crippen LogP contribution in [0.2, 0.25) is 0 Å². The third-order valence-electron chi connectivity index (χ3n) is 16.8. The molecule has 458 valence electrons. The van der Waals surface area contributed by atoms with Gasteiger partial charge in [-0.3, -0.25) is 38.6 Å². The highest BCUT2D eigenvalue weighted by Gasteiger charge is 2.57. The van der Waals surface area contributed by atoms with Crippen molar-refractivity contribution in [3.8, 4) is 11.8 Å². The van der Waals surface area contributed by atoms with E-state index in [1.165, 1.54) is 23.9 Å². The van der Waals surface area contributed by atoms with E-state index >= 15 is 0 Å². The predicted molar refractivity (Wildman–Crippen MR) is 320 cm³/mol. The lowest BCUT2D eigenvalue weighted by Gasteiger charge is -2.35. The fraction of sp³-hybridized carbons (Fsp3) is 0.645. The summed E-state index contributed by atoms with van der Waals surface area (Å²) in [6, 6.07) is 9.20. The molecule has 2 aromatic rings. The smallest absolute Gasteiger partial charge is 0.410 e. The maximum atomic E-state index is 14.8. The molecule has 0 saturated carbocycles. The molecule has 0 spiro atoms. The third kappa shape index (κ3) is 14.3. The van der Waals surface area contributed by atoms with Crippen LogP contribution in [0.15, 0.2) is 48.5 Å². The van der Waals surface area contributed by atoms with Gasteiger partial charge in [-0.15, -0.1) is 23.5 Å². The van der Waals surface area contributed by atoms with Gasteiger partial charge in [0.15, 0.2) is 0 Å². The summed E-state index contributed by atoms with van der Waals surface area (Å²) in [4.78, 5) is 117. The zero-order valence-corrected chi connectivity index (χ0v) is 52.8. The number of amides is 8. The van der Waals surface area contributed by atoms with Crippen LogP contribution in [0, 0.1) is 22.7 Å². The van der Waals surface area contributed by atoms with Gasteiger partial charge in [-0.05, 0) is 126 Å². The van der Waals surface area contributed by atoms with Crippen molar-refractivity contribution < 1.29 is 57.3 Å². The van der Waals surface area contributed by atoms with Crippen molar-refractivity contribution >= 4 is 71.2 Å². The second-order valence-corrected chi connectivity index (χ2v) is 29.0. The number of likely N-dealkylation sites (N-methyl/N-ethyl adjacent to an activating group) is 2. The molecule has 4 aliphatic heterocycles. The molecule has 12 atom stereocenters. The summed E-state index contributed by atoms with van der Waals surface area (Å²) in [6.07, 6.45) is 0.597. The van der Waals surface area contributed by atoms with Crippen molar-refractivity contribution in [1.82, 2.24) is 40.9 Å². The second-order valence-electron chi connectivity index (χ2n) is 26.4. The summed E-state index contributed by atoms with van der Waals surface area (Å²) in [5.41, 5.74) is 1.11. The number of fused-ring (bicyclic) bond motifs is 4. The molecule has 84 heavy (non-hydrogen) atoms. The Balaban J connectivity index is 0.897. The van der Waals surface area contributed by atoms with Gasteiger partial charge in [0, 0.05) is 26.9 Å². The molecule has 1 unspecified atom stereocenters. The van der Waals surface area contributed by atoms with Gasteiger partial charge >= 0.3 is 12.2 Å². The summed E-state index contributed by atoms with van der Waals surface area (Å²) in [7, 11) is 2.96. The molecule has 8 amide bonds. The molecular weight excluding hydrogens is 1110 g/mol. The minimum atomic E-state index is -0.931. The van der Waals surface area contributed by atoms with E-state index in [1.54, 1.807) is 88.7 Å². The minimum Gasteiger partial charge on any atom is -0.444 e. The van der Waals surface area contributed by atoms with Crippen LogP contribution in [0.25, 0.3) is 0 Å². The molecule has 22 heteroatoms. The molecule has 4 saturated heterocycles. The van der Waals surface area contributed by atoms with Crippen LogP contribution >= 0.6 is 23.5 Å². The molecule has 8 rings (SSSR count). The normalized spacial score (nSPS) is 27.4. The van der Waals surface area contributed by atoms with Crippen molar-refractivity contribution in [1.29, 1.82) is 0 Å². The maximum absolute atomic E-state index is 14.8. The van der Waals surface area contributed by atoms with Crippen molar-refractivity contribution in [3.05, 3.63) is 70.8 Å². The number of carbonyl (C=O) groups is 8. The van der Waals surface area contributed by atoms with Crippen LogP contribution in [-0.2, 0) is 60.6 Å². The summed E-state index contributed by atoms with van der Waals surface area (Å²) in [5.74, 6) is 5.01. The van der Waals surface area contributed by atoms with Crippen LogP contribution in [0.1, 0.15) is 143 Å². The average molecular weight is 1200 g/mol. The van der Waals surface area contributed by atoms with E-state index in [1.807, 2.05) is 76.2 Å². The van der Waals surface area contributed by atoms with Gasteiger partial charge in [0.2, 0.25) is 35.4 Å². The Kier molecular flexibility index (Phi) is 19.4. The second kappa shape index (κ2) is 25.5. The van der Waals surface area contributed by atoms with Gasteiger partial charge in [0.25, 0.3) is 0 Å². The van der Waals surface area contributed by atoms with E-state index < -0.39 is 107 Å². The van der Waals surface area contributed by atoms with E-state index in [9.17, 15) is 38.4 Å². The first-order valence-electron chi connectivity index (χ1n) is 29.2. The van der Waals surface area contributed by atoms with E-state index in [0.717, 1.165) is 22.3 Å². The Morgan fingerprint density at radius 2 is 0.964 bits per heavy atom. The summed E-state index contributed by atoms with van der Waals surface area (Å²) < 4.78 is 23.9. The fourth-order valence-electron chi connectivity index (χ4n) is 12.3. The van der Waals surface area contributed by atoms with Crippen LogP contribution in [-0.4, -0.2) is 176 Å². The summed E-state index contributed by atoms with van der Waals surface area (Å²) >= 11 is 3.19. The summed E-state index contributed by atoms with van der Waals surface area (Å²) in [6.45, 7) is 21.6. The summed E-state index contributed by atoms with van der Waals surface area (Å²) in [5, 5.41) is 11.8. The minimum absolute atomic E-state index is 0.0290. The van der Waals surface area contributed by atoms with Gasteiger partial charge in [-0.1, -0.05) is 88.1 Å². The van der Waals surface area contributed by atoms with Crippen molar-refractivity contribution in [2.75, 3.05) is 38.8 Å². The number of nitrogens with one attached hydrogen (secondary N) is 4. The SMILES string of the molecule is CC(C(=O)N[C@H]1CCS[C@H]2CC(C)(C)[C@@H](C(=O)N[C@H]3c4ccccc4C[C@H]3OCC#CCO[C@@H]3Cc4ccccc4[C@@H]3NC(=O)[C@H]3N4C(=O)[C@@H](NC(=O)[C@H](C)N(C)C(=O)OC(C)(C)C)CCS[C@H]4CC3(C)C)N2C1=O)N(C)C(=O)OC(C)(C)C. The largest absolute Gasteiger partial charge is 0.444 e. The van der Waals surface area contributed by atoms with Crippen LogP contribution in [0.3, 0.4) is 0 Å². The van der Waals surface area contributed by atoms with Crippen molar-refractivity contribution in [3.63, 3.8) is 0 Å². The molecule has 4 fully saturated rings. The molecule has 0 radical (unpaired) electrons. The Morgan fingerprint density at radius 1 is 0.607 bits per heavy atom. The molecule has 2 aromatic carbocycles. The number of hydrogen-bond acceptors (Lipinski definition) is 14. The standard InChI is InChI=1S/C62H86N8O12S2/c1-35(67(13)57(77)81-59(3,4)5)51(71)63-41-25-29-83-45-33-61(9,10)49(69(45)55(41)75)53(73)65-47-39-23-17-15-21-37(39)31-43(47)79-27-19-20-28-80-44-32-38-22-16-18-24-40(38)48(44)66-54(74)50-62(11,12)34-46-70(50)56(76)42(26-30-84-46)64-52(72)36(2)68(14)58(78)82-60(6,7)8/h15-18,21-24,35-36,41-50H,25-34H2,1-14H3,(H,63,71)(H,64,72)(H,65,73)(H,66,74)/t35-,36?,41-,42-,43+,44+,45-,46-,47-,48-,49+,50+/m0/s1. The molecule has 4 N–H and O–H groups in total. The Labute approximate surface area is 503 Å². The first-order valence-corrected chi connectivity index (χ1v) is 31.3. The molecule has 20 nitrogen and oxygen atoms in total. The molecule has 6 aliphatic rings. The third-order valence-corrected chi connectivity index (χ3v) is 19.3. The number of thioether (sulfide) groups is 2. The van der Waals surface area contributed by atoms with Gasteiger partial charge < -0.3 is 50.0 Å². The number of carbonyl (C=O) groups excluding carboxylic acids is 8. The quantitative estimate of drug-likeness (QED) is 0.153. The highest BCUT2D eigenvalue weighted by Crippen LogP contribution is 2.49. The van der Waals surface area contributed by atoms with Crippen molar-refractivity contribution in [2.24, 2.45) is 10.8 Å². The van der Waals surface area contributed by atoms with E-state index in [2.05, 4.69) is 33.1 Å². The lowest BCUT2D eigenvalue weighted by Crippen LogP contribution is -2.58. The zero-order chi connectivity index (χ0) is 61.4. The highest BCUT2D eigenvalue weighted by molar-refractivity contribution is 8.00. The molecule has 0 aromatic heterocycles. The predicted octanol–water partition coefficient (Wildman–Crippen LogP) is 6.25. The Morgan fingerprint density at radius 3 is 1.32 bits per heavy atom. The zero-order valence-electron chi connectivity index (χ0n) is 51.1. The van der Waals surface area contributed by atoms with Crippen molar-refractivity contribution in [2.45, 2.75) is 204 Å². The molecule has 0 bridgehead atoms. The fourth-order valence-corrected chi connectivity index (χ4v) is 15.4. The van der Waals surface area contributed by atoms with Gasteiger partial charge in [0.1, 0.15) is 60.7 Å². The topological polar surface area (TPSA) is 235 Å². The molecular formula is C62H86N8O12S2. The highest BCUT2D eigenvalue weighted by atomic mass is 32.2. The number of rotatable bonds is 14. The number of hydrogen-bond donors (Lipinski definition) is 4. The number of nitrogens with zero attached hydrogens (tertiary/aromatic N) is 4. The van der Waals surface area contributed by atoms with Gasteiger partial charge in [0.05, 0.1) is 35.0 Å². The van der Waals surface area contributed by atoms with E-state index in [-0.39, 0.29) is 47.6 Å². The lowest BCUT2D eigenvalue weighted by molar-refractivity contribution is -0.144. The monoisotopic (exact) mass is 1200 g/mol. The molecule has 4 heterocycles. The lowest BCUT2D eigenvalue weighted by atomic mass is 9.83. The van der Waals surface area contributed by atoms with Crippen LogP contribution < -0.4 is 21.3 Å². The molecule has 2 aliphatic carbocycles. The van der Waals surface area contributed by atoms with E-state index in [4.69, 9.17) is 18.9 Å². The Hall–Kier alpha value is -6.02. The van der Waals surface area contributed by atoms with E-state index in [0.29, 0.717) is 50.0 Å². The maximum Gasteiger partial charge on any atom is 0.410 e. The van der Waals surface area contributed by atoms with Gasteiger partial charge in [-0.2, -0.15) is 0 Å². The van der Waals surface area contributed by atoms with Crippen LogP contribution in [0.4, 0.5) is 9.59 Å².